The summed E-state index contributed by atoms with van der Waals surface area (Å²) < 4.78 is 0. The first-order valence-corrected chi connectivity index (χ1v) is 29.1. The SMILES string of the molecule is C=C1[C@H](CC(=O)NCc2ccc(NC(=O)[C@H](C)NC(=O)C(NC)C(C)C)cc2)NC(=O)C2CSc3[nH]c4ccccc4c3C[C@H](NC(=O)[C@H]([C@@H](C)[C@@H](O)CO)NC(=O)[C@@H]3C[C@@H](C)CN13)C(=O)NCC(=O)N[C@@H]([C@@H](C)CC)C(=O)NCC(=O)N2. The van der Waals surface area contributed by atoms with E-state index < -0.39 is 146 Å². The predicted molar refractivity (Wildman–Crippen MR) is 310 cm³/mol. The highest BCUT2D eigenvalue weighted by Crippen LogP contribution is 2.33. The number of rotatable bonds is 15. The van der Waals surface area contributed by atoms with Crippen molar-refractivity contribution < 1.29 is 58.2 Å². The third kappa shape index (κ3) is 17.0. The zero-order valence-corrected chi connectivity index (χ0v) is 49.1. The number of thioether (sulfide) groups is 1. The number of para-hydroxylation sites is 1. The van der Waals surface area contributed by atoms with Gasteiger partial charge in [0.25, 0.3) is 0 Å². The Labute approximate surface area is 486 Å². The maximum atomic E-state index is 15.0. The molecule has 3 aliphatic rings. The van der Waals surface area contributed by atoms with Crippen LogP contribution >= 0.6 is 11.8 Å². The Bertz CT molecular complexity index is 2880. The molecule has 26 heteroatoms. The second-order valence-electron chi connectivity index (χ2n) is 22.1. The molecule has 0 saturated carbocycles. The van der Waals surface area contributed by atoms with Gasteiger partial charge in [0, 0.05) is 53.5 Å². The molecule has 0 spiro atoms. The van der Waals surface area contributed by atoms with Gasteiger partial charge >= 0.3 is 0 Å². The minimum Gasteiger partial charge on any atom is -0.394 e. The van der Waals surface area contributed by atoms with Crippen LogP contribution in [-0.2, 0) is 60.9 Å². The van der Waals surface area contributed by atoms with E-state index in [0.29, 0.717) is 39.2 Å². The molecule has 0 aliphatic carbocycles. The van der Waals surface area contributed by atoms with Crippen molar-refractivity contribution in [2.24, 2.45) is 23.7 Å². The first kappa shape index (κ1) is 64.6. The number of nitrogens with zero attached hydrogens (tertiary/aromatic N) is 1. The van der Waals surface area contributed by atoms with E-state index in [1.165, 1.54) is 6.92 Å². The van der Waals surface area contributed by atoms with Gasteiger partial charge in [0.15, 0.2) is 0 Å². The lowest BCUT2D eigenvalue weighted by molar-refractivity contribution is -0.136. The van der Waals surface area contributed by atoms with Gasteiger partial charge in [-0.25, -0.2) is 0 Å². The van der Waals surface area contributed by atoms with Crippen molar-refractivity contribution >= 4 is 87.4 Å². The van der Waals surface area contributed by atoms with Crippen LogP contribution in [0.5, 0.6) is 0 Å². The zero-order valence-electron chi connectivity index (χ0n) is 48.2. The van der Waals surface area contributed by atoms with Gasteiger partial charge in [0.1, 0.15) is 36.3 Å². The second-order valence-corrected chi connectivity index (χ2v) is 23.1. The number of aromatic amines is 1. The lowest BCUT2D eigenvalue weighted by Gasteiger charge is -2.35. The van der Waals surface area contributed by atoms with Gasteiger partial charge in [-0.05, 0) is 67.5 Å². The molecule has 2 aromatic carbocycles. The van der Waals surface area contributed by atoms with Crippen LogP contribution < -0.4 is 58.5 Å². The molecule has 12 atom stereocenters. The van der Waals surface area contributed by atoms with E-state index in [1.807, 2.05) is 20.8 Å². The molecular weight excluding hydrogens is 1090 g/mol. The highest BCUT2D eigenvalue weighted by Gasteiger charge is 2.42. The van der Waals surface area contributed by atoms with Gasteiger partial charge in [0.05, 0.1) is 49.3 Å². The number of aliphatic hydroxyl groups is 2. The highest BCUT2D eigenvalue weighted by atomic mass is 32.2. The first-order valence-electron chi connectivity index (χ1n) is 28.1. The lowest BCUT2D eigenvalue weighted by Crippen LogP contribution is -2.61. The summed E-state index contributed by atoms with van der Waals surface area (Å²) in [6.07, 6.45) is -1.56. The van der Waals surface area contributed by atoms with E-state index in [9.17, 15) is 58.2 Å². The maximum absolute atomic E-state index is 15.0. The monoisotopic (exact) mass is 1170 g/mol. The summed E-state index contributed by atoms with van der Waals surface area (Å²) in [6, 6.07) is 4.51. The number of carbonyl (C=O) groups excluding carboxylic acids is 10. The van der Waals surface area contributed by atoms with Gasteiger partial charge in [-0.2, -0.15) is 0 Å². The van der Waals surface area contributed by atoms with E-state index in [0.717, 1.165) is 11.8 Å². The Kier molecular flexibility index (Phi) is 23.1. The molecule has 1 saturated heterocycles. The number of hydrogen-bond donors (Lipinski definition) is 14. The van der Waals surface area contributed by atoms with Gasteiger partial charge in [0.2, 0.25) is 59.1 Å². The topological polar surface area (TPSA) is 363 Å². The summed E-state index contributed by atoms with van der Waals surface area (Å²) in [5.41, 5.74) is 2.30. The minimum absolute atomic E-state index is 0.00164. The number of aliphatic hydroxyl groups excluding tert-OH is 2. The van der Waals surface area contributed by atoms with E-state index in [1.54, 1.807) is 81.2 Å². The molecule has 2 unspecified atom stereocenters. The molecular formula is C57H81N13O12S. The van der Waals surface area contributed by atoms with Crippen molar-refractivity contribution in [3.63, 3.8) is 0 Å². The average Bonchev–Trinajstić information content (AvgIpc) is 3.88. The molecule has 1 fully saturated rings. The third-order valence-electron chi connectivity index (χ3n) is 15.4. The number of amides is 10. The van der Waals surface area contributed by atoms with Crippen LogP contribution in [0, 0.1) is 23.7 Å². The summed E-state index contributed by atoms with van der Waals surface area (Å²) in [4.78, 5) is 145. The van der Waals surface area contributed by atoms with Crippen LogP contribution in [0.15, 0.2) is 65.8 Å². The highest BCUT2D eigenvalue weighted by molar-refractivity contribution is 7.99. The Morgan fingerprint density at radius 2 is 1.47 bits per heavy atom. The summed E-state index contributed by atoms with van der Waals surface area (Å²) >= 11 is 1.11. The Morgan fingerprint density at radius 3 is 2.13 bits per heavy atom. The number of anilines is 1. The normalized spacial score (nSPS) is 24.4. The lowest BCUT2D eigenvalue weighted by atomic mass is 9.93. The molecule has 3 aromatic rings. The van der Waals surface area contributed by atoms with E-state index in [-0.39, 0.29) is 55.1 Å². The molecule has 6 rings (SSSR count). The van der Waals surface area contributed by atoms with Crippen LogP contribution in [0.3, 0.4) is 0 Å². The Hall–Kier alpha value is -7.55. The summed E-state index contributed by atoms with van der Waals surface area (Å²) in [6.45, 7) is 14.7. The van der Waals surface area contributed by atoms with Gasteiger partial charge in [-0.15, -0.1) is 11.8 Å². The van der Waals surface area contributed by atoms with E-state index >= 15 is 0 Å². The quantitative estimate of drug-likeness (QED) is 0.0881. The van der Waals surface area contributed by atoms with Crippen LogP contribution in [0.2, 0.25) is 0 Å². The third-order valence-corrected chi connectivity index (χ3v) is 16.6. The Balaban J connectivity index is 1.36. The van der Waals surface area contributed by atoms with Crippen molar-refractivity contribution in [2.45, 2.75) is 140 Å². The molecule has 83 heavy (non-hydrogen) atoms. The van der Waals surface area contributed by atoms with Gasteiger partial charge in [-0.1, -0.05) is 84.9 Å². The van der Waals surface area contributed by atoms with Crippen LogP contribution in [-0.4, -0.2) is 173 Å². The molecule has 10 amide bonds. The van der Waals surface area contributed by atoms with Crippen LogP contribution in [0.1, 0.15) is 78.9 Å². The average molecular weight is 1170 g/mol. The molecule has 25 nitrogen and oxygen atoms in total. The van der Waals surface area contributed by atoms with Crippen molar-refractivity contribution in [2.75, 3.05) is 44.4 Å². The fraction of sp³-hybridized carbons (Fsp3) is 0.544. The Morgan fingerprint density at radius 1 is 0.795 bits per heavy atom. The summed E-state index contributed by atoms with van der Waals surface area (Å²) in [5.74, 6) is -8.74. The molecule has 2 bridgehead atoms. The van der Waals surface area contributed by atoms with E-state index in [4.69, 9.17) is 0 Å². The van der Waals surface area contributed by atoms with Crippen molar-refractivity contribution in [1.29, 1.82) is 0 Å². The predicted octanol–water partition coefficient (Wildman–Crippen LogP) is -0.861. The molecule has 0 radical (unpaired) electrons. The number of likely N-dealkylation sites (N-methyl/N-ethyl adjacent to an activating group) is 1. The van der Waals surface area contributed by atoms with Crippen LogP contribution in [0.25, 0.3) is 10.9 Å². The van der Waals surface area contributed by atoms with Gasteiger partial charge < -0.3 is 78.6 Å². The first-order chi connectivity index (χ1) is 39.4. The number of aromatic nitrogens is 1. The standard InChI is InChI=1S/C57H81N13O12S/c1-10-30(5)48-54(80)61-23-45(74)64-41-27-83-57-37(36-13-11-12-14-38(36)67-57)20-40(51(77)60-24-46(75)68-48)66-56(82)49(31(6)43(72)26-71)69-53(79)42-19-29(4)25-70(42)33(8)39(65-52(41)78)21-44(73)59-22-34-15-17-35(18-16-34)63-50(76)32(7)62-55(81)47(58-9)28(2)3/h11-18,28-32,39-43,47-49,58,67,71-72H,8,10,19-27H2,1-7,9H3,(H,59,73)(H,60,77)(H,61,80)(H,62,81)(H,63,76)(H,64,74)(H,65,78)(H,66,82)(H,68,75)(H,69,79)/t29-,30+,31+,32+,39+,40+,41?,42+,43+,47?,48+,49+/m1/s1. The van der Waals surface area contributed by atoms with E-state index in [2.05, 4.69) is 70.0 Å². The number of fused-ring (bicyclic) bond motifs is 5. The number of benzene rings is 2. The summed E-state index contributed by atoms with van der Waals surface area (Å²) in [5, 5.41) is 52.5. The summed E-state index contributed by atoms with van der Waals surface area (Å²) in [7, 11) is 1.67. The molecule has 3 aliphatic heterocycles. The molecule has 1 aromatic heterocycles. The molecule has 452 valence electrons. The fourth-order valence-electron chi connectivity index (χ4n) is 10.2. The maximum Gasteiger partial charge on any atom is 0.246 e. The zero-order chi connectivity index (χ0) is 60.8. The number of hydrogen-bond acceptors (Lipinski definition) is 15. The van der Waals surface area contributed by atoms with Crippen molar-refractivity contribution in [3.8, 4) is 0 Å². The number of nitrogens with one attached hydrogen (secondary N) is 12. The molecule has 14 N–H and O–H groups in total. The van der Waals surface area contributed by atoms with Gasteiger partial charge in [-0.3, -0.25) is 47.9 Å². The second kappa shape index (κ2) is 29.6. The number of H-pyrrole nitrogens is 1. The largest absolute Gasteiger partial charge is 0.394 e. The van der Waals surface area contributed by atoms with Crippen LogP contribution in [0.4, 0.5) is 5.69 Å². The van der Waals surface area contributed by atoms with Crippen molar-refractivity contribution in [1.82, 2.24) is 63.1 Å². The van der Waals surface area contributed by atoms with Crippen molar-refractivity contribution in [3.05, 3.63) is 71.9 Å². The fourth-order valence-corrected chi connectivity index (χ4v) is 11.3. The minimum atomic E-state index is -1.57. The smallest absolute Gasteiger partial charge is 0.246 e. The molecule has 4 heterocycles. The number of carbonyl (C=O) groups is 10.